The molecular formula is C15H26N2O. The molecule has 102 valence electrons. The van der Waals surface area contributed by atoms with Crippen molar-refractivity contribution >= 4 is 0 Å². The summed E-state index contributed by atoms with van der Waals surface area (Å²) in [5, 5.41) is 0. The zero-order valence-corrected chi connectivity index (χ0v) is 12.4. The van der Waals surface area contributed by atoms with Gasteiger partial charge in [0, 0.05) is 6.54 Å². The Hall–Kier alpha value is -1.06. The summed E-state index contributed by atoms with van der Waals surface area (Å²) in [4.78, 5) is 4.40. The van der Waals surface area contributed by atoms with Crippen molar-refractivity contribution in [1.29, 1.82) is 0 Å². The fraction of sp³-hybridized carbons (Fsp3) is 0.600. The normalized spacial score (nSPS) is 11.3. The first-order valence-electron chi connectivity index (χ1n) is 6.48. The monoisotopic (exact) mass is 250 g/mol. The van der Waals surface area contributed by atoms with Gasteiger partial charge in [0.15, 0.2) is 0 Å². The molecule has 0 aromatic heterocycles. The molecular weight excluding hydrogens is 224 g/mol. The van der Waals surface area contributed by atoms with Gasteiger partial charge in [0.2, 0.25) is 0 Å². The first kappa shape index (κ1) is 15.0. The van der Waals surface area contributed by atoms with Gasteiger partial charge < -0.3 is 14.5 Å². The summed E-state index contributed by atoms with van der Waals surface area (Å²) in [6, 6.07) is 6.51. The number of hydrogen-bond donors (Lipinski definition) is 0. The predicted octanol–water partition coefficient (Wildman–Crippen LogP) is 2.25. The molecule has 0 heterocycles. The van der Waals surface area contributed by atoms with E-state index in [1.54, 1.807) is 7.11 Å². The molecule has 3 heteroatoms. The van der Waals surface area contributed by atoms with Gasteiger partial charge in [-0.25, -0.2) is 0 Å². The van der Waals surface area contributed by atoms with E-state index in [9.17, 15) is 0 Å². The average Bonchev–Trinajstić information content (AvgIpc) is 2.28. The van der Waals surface area contributed by atoms with Crippen LogP contribution in [0.2, 0.25) is 0 Å². The standard InChI is InChI=1S/C15H26N2O/c1-16(2)10-6-7-14-11-13(12-17(3)4)8-9-15(14)18-5/h8-9,11H,6-7,10,12H2,1-5H3. The molecule has 1 rings (SSSR count). The largest absolute Gasteiger partial charge is 0.496 e. The number of nitrogens with zero attached hydrogens (tertiary/aromatic N) is 2. The van der Waals surface area contributed by atoms with Crippen LogP contribution < -0.4 is 4.74 Å². The van der Waals surface area contributed by atoms with Crippen molar-refractivity contribution in [2.45, 2.75) is 19.4 Å². The fourth-order valence-corrected chi connectivity index (χ4v) is 2.08. The highest BCUT2D eigenvalue weighted by Gasteiger charge is 2.05. The van der Waals surface area contributed by atoms with Crippen LogP contribution in [0.1, 0.15) is 17.5 Å². The highest BCUT2D eigenvalue weighted by Crippen LogP contribution is 2.22. The molecule has 3 nitrogen and oxygen atoms in total. The third-order valence-electron chi connectivity index (χ3n) is 2.90. The molecule has 0 fully saturated rings. The molecule has 1 aromatic rings. The summed E-state index contributed by atoms with van der Waals surface area (Å²) < 4.78 is 5.44. The van der Waals surface area contributed by atoms with Crippen molar-refractivity contribution in [2.24, 2.45) is 0 Å². The summed E-state index contributed by atoms with van der Waals surface area (Å²) in [6.07, 6.45) is 2.23. The molecule has 0 unspecified atom stereocenters. The minimum absolute atomic E-state index is 0.977. The molecule has 1 aromatic carbocycles. The Kier molecular flexibility index (Phi) is 6.16. The van der Waals surface area contributed by atoms with Gasteiger partial charge in [-0.3, -0.25) is 0 Å². The lowest BCUT2D eigenvalue weighted by Gasteiger charge is -2.15. The van der Waals surface area contributed by atoms with E-state index in [4.69, 9.17) is 4.74 Å². The minimum atomic E-state index is 0.977. The molecule has 0 atom stereocenters. The van der Waals surface area contributed by atoms with Crippen molar-refractivity contribution < 1.29 is 4.74 Å². The van der Waals surface area contributed by atoms with Crippen molar-refractivity contribution in [3.05, 3.63) is 29.3 Å². The average molecular weight is 250 g/mol. The lowest BCUT2D eigenvalue weighted by molar-refractivity contribution is 0.388. The van der Waals surface area contributed by atoms with Crippen LogP contribution in [0.5, 0.6) is 5.75 Å². The molecule has 0 aliphatic carbocycles. The van der Waals surface area contributed by atoms with Crippen LogP contribution in [-0.4, -0.2) is 51.6 Å². The van der Waals surface area contributed by atoms with E-state index < -0.39 is 0 Å². The van der Waals surface area contributed by atoms with Crippen molar-refractivity contribution in [1.82, 2.24) is 9.80 Å². The van der Waals surface area contributed by atoms with Crippen LogP contribution >= 0.6 is 0 Å². The number of aryl methyl sites for hydroxylation is 1. The lowest BCUT2D eigenvalue weighted by atomic mass is 10.0. The smallest absolute Gasteiger partial charge is 0.122 e. The Labute approximate surface area is 111 Å². The summed E-state index contributed by atoms with van der Waals surface area (Å²) in [5.74, 6) is 1.01. The Morgan fingerprint density at radius 3 is 2.33 bits per heavy atom. The molecule has 0 aliphatic heterocycles. The summed E-state index contributed by atoms with van der Waals surface area (Å²) in [5.41, 5.74) is 2.67. The maximum absolute atomic E-state index is 5.44. The second-order valence-electron chi connectivity index (χ2n) is 5.29. The highest BCUT2D eigenvalue weighted by molar-refractivity contribution is 5.37. The maximum Gasteiger partial charge on any atom is 0.122 e. The van der Waals surface area contributed by atoms with E-state index in [2.05, 4.69) is 56.2 Å². The van der Waals surface area contributed by atoms with E-state index in [-0.39, 0.29) is 0 Å². The second kappa shape index (κ2) is 7.39. The van der Waals surface area contributed by atoms with Gasteiger partial charge in [0.25, 0.3) is 0 Å². The quantitative estimate of drug-likeness (QED) is 0.738. The molecule has 0 N–H and O–H groups in total. The Morgan fingerprint density at radius 1 is 1.06 bits per heavy atom. The first-order valence-corrected chi connectivity index (χ1v) is 6.48. The molecule has 0 spiro atoms. The Bertz CT molecular complexity index is 362. The third kappa shape index (κ3) is 5.07. The first-order chi connectivity index (χ1) is 8.52. The van der Waals surface area contributed by atoms with Crippen LogP contribution in [0.4, 0.5) is 0 Å². The van der Waals surface area contributed by atoms with E-state index in [1.807, 2.05) is 0 Å². The van der Waals surface area contributed by atoms with Crippen molar-refractivity contribution in [3.8, 4) is 5.75 Å². The topological polar surface area (TPSA) is 15.7 Å². The minimum Gasteiger partial charge on any atom is -0.496 e. The van der Waals surface area contributed by atoms with Gasteiger partial charge in [0.05, 0.1) is 7.11 Å². The second-order valence-corrected chi connectivity index (χ2v) is 5.29. The summed E-state index contributed by atoms with van der Waals surface area (Å²) in [7, 11) is 10.2. The van der Waals surface area contributed by atoms with Crippen molar-refractivity contribution in [2.75, 3.05) is 41.8 Å². The zero-order valence-electron chi connectivity index (χ0n) is 12.4. The number of benzene rings is 1. The molecule has 0 bridgehead atoms. The van der Waals surface area contributed by atoms with Crippen LogP contribution in [0.3, 0.4) is 0 Å². The molecule has 0 saturated carbocycles. The van der Waals surface area contributed by atoms with Gasteiger partial charge >= 0.3 is 0 Å². The maximum atomic E-state index is 5.44. The number of hydrogen-bond acceptors (Lipinski definition) is 3. The van der Waals surface area contributed by atoms with E-state index >= 15 is 0 Å². The van der Waals surface area contributed by atoms with E-state index in [1.165, 1.54) is 11.1 Å². The summed E-state index contributed by atoms with van der Waals surface area (Å²) >= 11 is 0. The summed E-state index contributed by atoms with van der Waals surface area (Å²) in [6.45, 7) is 2.09. The van der Waals surface area contributed by atoms with Crippen molar-refractivity contribution in [3.63, 3.8) is 0 Å². The van der Waals surface area contributed by atoms with E-state index in [0.717, 1.165) is 31.7 Å². The molecule has 0 saturated heterocycles. The number of ether oxygens (including phenoxy) is 1. The molecule has 0 amide bonds. The molecule has 0 aliphatic rings. The fourth-order valence-electron chi connectivity index (χ4n) is 2.08. The highest BCUT2D eigenvalue weighted by atomic mass is 16.5. The Morgan fingerprint density at radius 2 is 1.78 bits per heavy atom. The van der Waals surface area contributed by atoms with Crippen LogP contribution in [0.25, 0.3) is 0 Å². The number of rotatable bonds is 7. The van der Waals surface area contributed by atoms with Gasteiger partial charge in [-0.15, -0.1) is 0 Å². The SMILES string of the molecule is COc1ccc(CN(C)C)cc1CCCN(C)C. The van der Waals surface area contributed by atoms with Crippen LogP contribution in [-0.2, 0) is 13.0 Å². The third-order valence-corrected chi connectivity index (χ3v) is 2.90. The van der Waals surface area contributed by atoms with Crippen LogP contribution in [0.15, 0.2) is 18.2 Å². The predicted molar refractivity (Wildman–Crippen MR) is 77.3 cm³/mol. The Balaban J connectivity index is 2.72. The van der Waals surface area contributed by atoms with Gasteiger partial charge in [0.1, 0.15) is 5.75 Å². The van der Waals surface area contributed by atoms with Gasteiger partial charge in [-0.05, 0) is 64.8 Å². The van der Waals surface area contributed by atoms with Crippen LogP contribution in [0, 0.1) is 0 Å². The van der Waals surface area contributed by atoms with Gasteiger partial charge in [-0.2, -0.15) is 0 Å². The molecule has 0 radical (unpaired) electrons. The number of methoxy groups -OCH3 is 1. The van der Waals surface area contributed by atoms with Gasteiger partial charge in [-0.1, -0.05) is 12.1 Å². The molecule has 18 heavy (non-hydrogen) atoms. The zero-order chi connectivity index (χ0) is 13.5. The van der Waals surface area contributed by atoms with E-state index in [0.29, 0.717) is 0 Å². The lowest BCUT2D eigenvalue weighted by Crippen LogP contribution is -2.14.